The number of benzene rings is 1. The van der Waals surface area contributed by atoms with Gasteiger partial charge in [-0.25, -0.2) is 0 Å². The van der Waals surface area contributed by atoms with Gasteiger partial charge in [0.1, 0.15) is 5.84 Å². The van der Waals surface area contributed by atoms with Gasteiger partial charge in [-0.3, -0.25) is 19.8 Å². The van der Waals surface area contributed by atoms with E-state index in [9.17, 15) is 27.6 Å². The molecule has 11 heteroatoms. The quantitative estimate of drug-likeness (QED) is 0.315. The number of carbonyl (C=O) groups is 3. The number of hydrogen-bond donors (Lipinski definition) is 3. The smallest absolute Gasteiger partial charge is 0.377 e. The first-order valence-electron chi connectivity index (χ1n) is 12.4. The molecule has 3 atom stereocenters. The van der Waals surface area contributed by atoms with Gasteiger partial charge in [0, 0.05) is 24.2 Å². The number of fused-ring (bicyclic) bond motifs is 2. The molecule has 0 aromatic heterocycles. The Morgan fingerprint density at radius 1 is 1.19 bits per heavy atom. The predicted octanol–water partition coefficient (Wildman–Crippen LogP) is 3.17. The van der Waals surface area contributed by atoms with Gasteiger partial charge in [0.15, 0.2) is 0 Å². The van der Waals surface area contributed by atoms with Gasteiger partial charge in [0.25, 0.3) is 5.91 Å². The summed E-state index contributed by atoms with van der Waals surface area (Å²) < 4.78 is 42.8. The summed E-state index contributed by atoms with van der Waals surface area (Å²) >= 11 is 0. The molecule has 4 rings (SSSR count). The molecule has 3 unspecified atom stereocenters. The fourth-order valence-corrected chi connectivity index (χ4v) is 5.68. The SMILES string of the molecule is CC1C=C2CCCC(C(=O)N3CCOCC3CNC(=O)c3ccc(C(=N)NC(=O)C(F)(F)F)cc3)(C2)C1. The Hall–Kier alpha value is -3.21. The van der Waals surface area contributed by atoms with Crippen molar-refractivity contribution in [2.75, 3.05) is 26.3 Å². The molecule has 200 valence electrons. The van der Waals surface area contributed by atoms with Crippen LogP contribution in [-0.2, 0) is 14.3 Å². The number of nitrogens with zero attached hydrogens (tertiary/aromatic N) is 1. The summed E-state index contributed by atoms with van der Waals surface area (Å²) in [7, 11) is 0. The highest BCUT2D eigenvalue weighted by atomic mass is 19.4. The summed E-state index contributed by atoms with van der Waals surface area (Å²) in [5, 5.41) is 12.0. The van der Waals surface area contributed by atoms with E-state index < -0.39 is 23.8 Å². The number of ether oxygens (including phenoxy) is 1. The fourth-order valence-electron chi connectivity index (χ4n) is 5.68. The molecule has 2 fully saturated rings. The molecule has 2 bridgehead atoms. The molecule has 1 aromatic carbocycles. The Kier molecular flexibility index (Phi) is 7.72. The lowest BCUT2D eigenvalue weighted by Gasteiger charge is -2.47. The maximum absolute atomic E-state index is 13.8. The van der Waals surface area contributed by atoms with Gasteiger partial charge in [-0.15, -0.1) is 0 Å². The number of halogens is 3. The first-order chi connectivity index (χ1) is 17.5. The van der Waals surface area contributed by atoms with Gasteiger partial charge in [-0.05, 0) is 50.2 Å². The average molecular weight is 521 g/mol. The molecule has 3 amide bonds. The van der Waals surface area contributed by atoms with Gasteiger partial charge in [0.05, 0.1) is 24.7 Å². The maximum Gasteiger partial charge on any atom is 0.471 e. The first-order valence-corrected chi connectivity index (χ1v) is 12.4. The average Bonchev–Trinajstić information content (AvgIpc) is 2.86. The monoisotopic (exact) mass is 520 g/mol. The lowest BCUT2D eigenvalue weighted by Crippen LogP contribution is -2.58. The van der Waals surface area contributed by atoms with Gasteiger partial charge < -0.3 is 20.3 Å². The van der Waals surface area contributed by atoms with Crippen LogP contribution in [0.3, 0.4) is 0 Å². The van der Waals surface area contributed by atoms with Crippen LogP contribution in [-0.4, -0.2) is 67.0 Å². The number of carbonyl (C=O) groups excluding carboxylic acids is 3. The molecule has 1 aliphatic heterocycles. The van der Waals surface area contributed by atoms with E-state index in [1.54, 1.807) is 0 Å². The molecular formula is C26H31F3N4O4. The number of morpholine rings is 1. The molecule has 3 N–H and O–H groups in total. The van der Waals surface area contributed by atoms with Crippen LogP contribution in [0.2, 0.25) is 0 Å². The minimum Gasteiger partial charge on any atom is -0.377 e. The van der Waals surface area contributed by atoms with Crippen LogP contribution in [0.1, 0.15) is 54.9 Å². The summed E-state index contributed by atoms with van der Waals surface area (Å²) in [6, 6.07) is 4.97. The van der Waals surface area contributed by atoms with Crippen molar-refractivity contribution >= 4 is 23.6 Å². The van der Waals surface area contributed by atoms with Gasteiger partial charge in [-0.1, -0.05) is 30.7 Å². The number of amidine groups is 1. The minimum absolute atomic E-state index is 0.0217. The van der Waals surface area contributed by atoms with E-state index in [1.807, 2.05) is 4.90 Å². The van der Waals surface area contributed by atoms with E-state index in [-0.39, 0.29) is 35.0 Å². The zero-order valence-corrected chi connectivity index (χ0v) is 20.6. The van der Waals surface area contributed by atoms with Crippen LogP contribution in [0.4, 0.5) is 13.2 Å². The third-order valence-corrected chi connectivity index (χ3v) is 7.32. The Balaban J connectivity index is 1.37. The molecule has 0 radical (unpaired) electrons. The van der Waals surface area contributed by atoms with Crippen LogP contribution < -0.4 is 10.6 Å². The van der Waals surface area contributed by atoms with E-state index in [2.05, 4.69) is 18.3 Å². The van der Waals surface area contributed by atoms with Crippen molar-refractivity contribution in [2.24, 2.45) is 11.3 Å². The fraction of sp³-hybridized carbons (Fsp3) is 0.538. The lowest BCUT2D eigenvalue weighted by molar-refractivity contribution is -0.171. The molecule has 3 aliphatic rings. The van der Waals surface area contributed by atoms with E-state index in [4.69, 9.17) is 10.1 Å². The number of allylic oxidation sites excluding steroid dienone is 2. The lowest BCUT2D eigenvalue weighted by atomic mass is 9.63. The predicted molar refractivity (Wildman–Crippen MR) is 129 cm³/mol. The zero-order valence-electron chi connectivity index (χ0n) is 20.6. The third kappa shape index (κ3) is 6.03. The summed E-state index contributed by atoms with van der Waals surface area (Å²) in [4.78, 5) is 39.4. The molecule has 1 aromatic rings. The molecule has 1 saturated heterocycles. The Bertz CT molecular complexity index is 1100. The Labute approximate surface area is 213 Å². The molecule has 0 spiro atoms. The van der Waals surface area contributed by atoms with E-state index in [0.717, 1.165) is 32.1 Å². The Morgan fingerprint density at radius 3 is 2.59 bits per heavy atom. The summed E-state index contributed by atoms with van der Waals surface area (Å²) in [5.41, 5.74) is 1.23. The van der Waals surface area contributed by atoms with Crippen LogP contribution in [0.5, 0.6) is 0 Å². The van der Waals surface area contributed by atoms with Crippen molar-refractivity contribution in [3.63, 3.8) is 0 Å². The van der Waals surface area contributed by atoms with Crippen molar-refractivity contribution in [3.8, 4) is 0 Å². The van der Waals surface area contributed by atoms with E-state index in [1.165, 1.54) is 35.2 Å². The van der Waals surface area contributed by atoms with Crippen molar-refractivity contribution in [3.05, 3.63) is 47.0 Å². The first kappa shape index (κ1) is 26.8. The second-order valence-corrected chi connectivity index (χ2v) is 10.2. The van der Waals surface area contributed by atoms with Crippen molar-refractivity contribution in [1.29, 1.82) is 5.41 Å². The van der Waals surface area contributed by atoms with Crippen LogP contribution in [0.25, 0.3) is 0 Å². The molecular weight excluding hydrogens is 489 g/mol. The van der Waals surface area contributed by atoms with Crippen LogP contribution in [0, 0.1) is 16.7 Å². The van der Waals surface area contributed by atoms with Crippen molar-refractivity contribution in [1.82, 2.24) is 15.5 Å². The molecule has 8 nitrogen and oxygen atoms in total. The summed E-state index contributed by atoms with van der Waals surface area (Å²) in [6.07, 6.45) is 1.76. The number of hydrogen-bond acceptors (Lipinski definition) is 5. The summed E-state index contributed by atoms with van der Waals surface area (Å²) in [5.74, 6) is -2.90. The number of alkyl halides is 3. The highest BCUT2D eigenvalue weighted by Crippen LogP contribution is 2.49. The molecule has 37 heavy (non-hydrogen) atoms. The van der Waals surface area contributed by atoms with Crippen LogP contribution in [0.15, 0.2) is 35.9 Å². The largest absolute Gasteiger partial charge is 0.471 e. The number of rotatable bonds is 5. The van der Waals surface area contributed by atoms with Gasteiger partial charge in [0.2, 0.25) is 5.91 Å². The van der Waals surface area contributed by atoms with Crippen molar-refractivity contribution < 1.29 is 32.3 Å². The maximum atomic E-state index is 13.8. The van der Waals surface area contributed by atoms with Crippen molar-refractivity contribution in [2.45, 2.75) is 51.2 Å². The van der Waals surface area contributed by atoms with Gasteiger partial charge >= 0.3 is 12.1 Å². The Morgan fingerprint density at radius 2 is 1.89 bits per heavy atom. The molecule has 1 saturated carbocycles. The zero-order chi connectivity index (χ0) is 26.8. The number of nitrogens with one attached hydrogen (secondary N) is 3. The normalized spacial score (nSPS) is 25.6. The van der Waals surface area contributed by atoms with Gasteiger partial charge in [-0.2, -0.15) is 13.2 Å². The minimum atomic E-state index is -5.10. The number of amides is 3. The highest BCUT2D eigenvalue weighted by Gasteiger charge is 2.47. The standard InChI is InChI=1S/C26H31F3N4O4/c1-16-11-17-3-2-8-25(12-16,13-17)24(36)33-9-10-37-15-20(33)14-31-22(34)19-6-4-18(5-7-19)21(30)32-23(35)26(27,28)29/h4-7,11,16,20H,2-3,8-10,12-15H2,1H3,(H,31,34)(H2,30,32,35). The molecule has 1 heterocycles. The second-order valence-electron chi connectivity index (χ2n) is 10.2. The summed E-state index contributed by atoms with van der Waals surface area (Å²) in [6.45, 7) is 3.58. The van der Waals surface area contributed by atoms with Crippen LogP contribution >= 0.6 is 0 Å². The topological polar surface area (TPSA) is 112 Å². The van der Waals surface area contributed by atoms with E-state index in [0.29, 0.717) is 25.7 Å². The van der Waals surface area contributed by atoms with E-state index >= 15 is 0 Å². The third-order valence-electron chi connectivity index (χ3n) is 7.32. The molecule has 2 aliphatic carbocycles. The highest BCUT2D eigenvalue weighted by molar-refractivity contribution is 6.08. The second kappa shape index (κ2) is 10.6.